The number of aliphatic hydroxyl groups excluding tert-OH is 1. The van der Waals surface area contributed by atoms with Crippen molar-refractivity contribution in [1.82, 2.24) is 10.2 Å². The highest BCUT2D eigenvalue weighted by atomic mass is 16.3. The van der Waals surface area contributed by atoms with Crippen molar-refractivity contribution in [2.75, 3.05) is 14.1 Å². The van der Waals surface area contributed by atoms with Gasteiger partial charge in [-0.1, -0.05) is 6.07 Å². The molecule has 0 fully saturated rings. The number of aliphatic hydroxyl groups is 1. The number of carbonyl (C=O) groups is 1. The Morgan fingerprint density at radius 2 is 2.10 bits per heavy atom. The fourth-order valence-corrected chi connectivity index (χ4v) is 2.36. The van der Waals surface area contributed by atoms with Gasteiger partial charge in [0.25, 0.3) is 0 Å². The number of hydrogen-bond acceptors (Lipinski definition) is 3. The first-order chi connectivity index (χ1) is 9.38. The second kappa shape index (κ2) is 5.63. The van der Waals surface area contributed by atoms with E-state index < -0.39 is 6.10 Å². The van der Waals surface area contributed by atoms with Crippen molar-refractivity contribution in [3.8, 4) is 0 Å². The molecule has 0 aromatic heterocycles. The van der Waals surface area contributed by atoms with Gasteiger partial charge in [-0.15, -0.1) is 0 Å². The minimum atomic E-state index is -0.567. The number of fused-ring (bicyclic) bond motifs is 1. The molecular weight excluding hydrogens is 254 g/mol. The Hall–Kier alpha value is -1.88. The standard InChI is InChI=1S/C15H21N3O2/c1-9(18(3)4)16-12-6-5-11-7-14(20)15(13(11)8-12)17-10(2)19/h5-6,8,14-15,20H,7H2,1-4H3,(H,17,19). The normalized spacial score (nSPS) is 21.6. The maximum absolute atomic E-state index is 11.3. The van der Waals surface area contributed by atoms with E-state index in [2.05, 4.69) is 10.3 Å². The minimum absolute atomic E-state index is 0.139. The second-order valence-electron chi connectivity index (χ2n) is 5.39. The molecule has 0 aliphatic heterocycles. The third-order valence-corrected chi connectivity index (χ3v) is 3.58. The molecule has 0 saturated heterocycles. The van der Waals surface area contributed by atoms with Crippen molar-refractivity contribution in [2.45, 2.75) is 32.4 Å². The van der Waals surface area contributed by atoms with E-state index in [-0.39, 0.29) is 11.9 Å². The number of hydrogen-bond donors (Lipinski definition) is 2. The highest BCUT2D eigenvalue weighted by molar-refractivity contribution is 5.82. The largest absolute Gasteiger partial charge is 0.390 e. The Morgan fingerprint density at radius 3 is 2.70 bits per heavy atom. The maximum atomic E-state index is 11.3. The van der Waals surface area contributed by atoms with Gasteiger partial charge in [-0.2, -0.15) is 0 Å². The molecule has 5 heteroatoms. The smallest absolute Gasteiger partial charge is 0.217 e. The van der Waals surface area contributed by atoms with Crippen LogP contribution in [0.5, 0.6) is 0 Å². The highest BCUT2D eigenvalue weighted by Gasteiger charge is 2.31. The van der Waals surface area contributed by atoms with E-state index in [1.165, 1.54) is 6.92 Å². The lowest BCUT2D eigenvalue weighted by Crippen LogP contribution is -2.32. The Bertz CT molecular complexity index is 552. The zero-order valence-electron chi connectivity index (χ0n) is 12.3. The highest BCUT2D eigenvalue weighted by Crippen LogP contribution is 2.34. The third-order valence-electron chi connectivity index (χ3n) is 3.58. The lowest BCUT2D eigenvalue weighted by atomic mass is 10.1. The molecule has 1 aliphatic rings. The molecule has 0 bridgehead atoms. The molecule has 2 unspecified atom stereocenters. The topological polar surface area (TPSA) is 64.9 Å². The summed E-state index contributed by atoms with van der Waals surface area (Å²) < 4.78 is 0. The zero-order valence-corrected chi connectivity index (χ0v) is 12.3. The molecule has 20 heavy (non-hydrogen) atoms. The van der Waals surface area contributed by atoms with Crippen LogP contribution in [0.15, 0.2) is 23.2 Å². The van der Waals surface area contributed by atoms with Crippen molar-refractivity contribution in [1.29, 1.82) is 0 Å². The predicted octanol–water partition coefficient (Wildman–Crippen LogP) is 1.39. The van der Waals surface area contributed by atoms with Gasteiger partial charge in [-0.25, -0.2) is 4.99 Å². The first-order valence-corrected chi connectivity index (χ1v) is 6.69. The molecule has 0 radical (unpaired) electrons. The summed E-state index contributed by atoms with van der Waals surface area (Å²) in [5.41, 5.74) is 2.86. The Kier molecular flexibility index (Phi) is 4.09. The molecule has 108 valence electrons. The Morgan fingerprint density at radius 1 is 1.40 bits per heavy atom. The molecular formula is C15H21N3O2. The molecule has 0 saturated carbocycles. The van der Waals surface area contributed by atoms with Crippen molar-refractivity contribution in [3.05, 3.63) is 29.3 Å². The summed E-state index contributed by atoms with van der Waals surface area (Å²) in [6.45, 7) is 3.40. The fourth-order valence-electron chi connectivity index (χ4n) is 2.36. The van der Waals surface area contributed by atoms with Crippen LogP contribution in [0.4, 0.5) is 5.69 Å². The van der Waals surface area contributed by atoms with E-state index in [1.807, 2.05) is 44.1 Å². The second-order valence-corrected chi connectivity index (χ2v) is 5.39. The molecule has 1 aromatic rings. The summed E-state index contributed by atoms with van der Waals surface area (Å²) in [6.07, 6.45) is -0.000191. The SMILES string of the molecule is CC(=O)NC1c2cc(N=C(C)N(C)C)ccc2CC1O. The van der Waals surface area contributed by atoms with Gasteiger partial charge < -0.3 is 15.3 Å². The van der Waals surface area contributed by atoms with E-state index in [1.54, 1.807) is 0 Å². The number of aliphatic imine (C=N–C) groups is 1. The van der Waals surface area contributed by atoms with Crippen molar-refractivity contribution in [2.24, 2.45) is 4.99 Å². The summed E-state index contributed by atoms with van der Waals surface area (Å²) in [6, 6.07) is 5.52. The monoisotopic (exact) mass is 275 g/mol. The van der Waals surface area contributed by atoms with Gasteiger partial charge >= 0.3 is 0 Å². The van der Waals surface area contributed by atoms with E-state index >= 15 is 0 Å². The van der Waals surface area contributed by atoms with Crippen LogP contribution in [-0.4, -0.2) is 41.9 Å². The average Bonchev–Trinajstić information content (AvgIpc) is 2.65. The first-order valence-electron chi connectivity index (χ1n) is 6.69. The van der Waals surface area contributed by atoms with Crippen LogP contribution in [0.3, 0.4) is 0 Å². The van der Waals surface area contributed by atoms with Gasteiger partial charge in [0.1, 0.15) is 5.84 Å². The number of carbonyl (C=O) groups excluding carboxylic acids is 1. The summed E-state index contributed by atoms with van der Waals surface area (Å²) >= 11 is 0. The van der Waals surface area contributed by atoms with Crippen LogP contribution < -0.4 is 5.32 Å². The Labute approximate surface area is 119 Å². The summed E-state index contributed by atoms with van der Waals surface area (Å²) in [5, 5.41) is 12.9. The predicted molar refractivity (Wildman–Crippen MR) is 79.2 cm³/mol. The zero-order chi connectivity index (χ0) is 14.9. The third kappa shape index (κ3) is 2.99. The molecule has 1 aromatic carbocycles. The molecule has 1 aliphatic carbocycles. The fraction of sp³-hybridized carbons (Fsp3) is 0.467. The molecule has 5 nitrogen and oxygen atoms in total. The van der Waals surface area contributed by atoms with Gasteiger partial charge in [0.05, 0.1) is 17.8 Å². The number of amides is 1. The van der Waals surface area contributed by atoms with Crippen LogP contribution in [-0.2, 0) is 11.2 Å². The Balaban J connectivity index is 2.33. The van der Waals surface area contributed by atoms with E-state index in [0.717, 1.165) is 22.6 Å². The van der Waals surface area contributed by atoms with Gasteiger partial charge in [0.2, 0.25) is 5.91 Å². The number of nitrogens with one attached hydrogen (secondary N) is 1. The molecule has 1 amide bonds. The number of benzene rings is 1. The molecule has 2 rings (SSSR count). The van der Waals surface area contributed by atoms with Crippen LogP contribution in [0.25, 0.3) is 0 Å². The lowest BCUT2D eigenvalue weighted by Gasteiger charge is -2.17. The molecule has 2 N–H and O–H groups in total. The van der Waals surface area contributed by atoms with Crippen LogP contribution in [0, 0.1) is 0 Å². The summed E-state index contributed by atoms with van der Waals surface area (Å²) in [5.74, 6) is 0.764. The molecule has 0 heterocycles. The van der Waals surface area contributed by atoms with Gasteiger partial charge in [0.15, 0.2) is 0 Å². The van der Waals surface area contributed by atoms with E-state index in [0.29, 0.717) is 6.42 Å². The van der Waals surface area contributed by atoms with Gasteiger partial charge in [0, 0.05) is 27.4 Å². The maximum Gasteiger partial charge on any atom is 0.217 e. The van der Waals surface area contributed by atoms with Gasteiger partial charge in [-0.3, -0.25) is 4.79 Å². The van der Waals surface area contributed by atoms with E-state index in [4.69, 9.17) is 0 Å². The van der Waals surface area contributed by atoms with Crippen molar-refractivity contribution in [3.63, 3.8) is 0 Å². The van der Waals surface area contributed by atoms with E-state index in [9.17, 15) is 9.90 Å². The van der Waals surface area contributed by atoms with Crippen LogP contribution in [0.2, 0.25) is 0 Å². The number of amidine groups is 1. The first kappa shape index (κ1) is 14.5. The van der Waals surface area contributed by atoms with Crippen LogP contribution >= 0.6 is 0 Å². The average molecular weight is 275 g/mol. The molecule has 2 atom stereocenters. The number of nitrogens with zero attached hydrogens (tertiary/aromatic N) is 2. The van der Waals surface area contributed by atoms with Crippen molar-refractivity contribution < 1.29 is 9.90 Å². The lowest BCUT2D eigenvalue weighted by molar-refractivity contribution is -0.120. The quantitative estimate of drug-likeness (QED) is 0.633. The number of rotatable bonds is 2. The molecule has 0 spiro atoms. The van der Waals surface area contributed by atoms with Crippen LogP contribution in [0.1, 0.15) is 31.0 Å². The summed E-state index contributed by atoms with van der Waals surface area (Å²) in [4.78, 5) is 17.7. The summed E-state index contributed by atoms with van der Waals surface area (Å²) in [7, 11) is 3.88. The minimum Gasteiger partial charge on any atom is -0.390 e. The van der Waals surface area contributed by atoms with Crippen molar-refractivity contribution >= 4 is 17.4 Å². The van der Waals surface area contributed by atoms with Gasteiger partial charge in [-0.05, 0) is 30.2 Å².